The molecule has 136 valence electrons. The van der Waals surface area contributed by atoms with Gasteiger partial charge in [-0.15, -0.1) is 0 Å². The van der Waals surface area contributed by atoms with Gasteiger partial charge in [0.25, 0.3) is 0 Å². The van der Waals surface area contributed by atoms with Crippen LogP contribution in [-0.2, 0) is 0 Å². The zero-order chi connectivity index (χ0) is 18.2. The van der Waals surface area contributed by atoms with Crippen molar-refractivity contribution in [1.29, 1.82) is 0 Å². The summed E-state index contributed by atoms with van der Waals surface area (Å²) in [6.45, 7) is 1.67. The molecule has 4 aromatic rings. The Kier molecular flexibility index (Phi) is 3.70. The van der Waals surface area contributed by atoms with E-state index in [1.54, 1.807) is 6.33 Å². The Balaban J connectivity index is 1.43. The lowest BCUT2D eigenvalue weighted by atomic mass is 9.96. The fourth-order valence-corrected chi connectivity index (χ4v) is 3.68. The van der Waals surface area contributed by atoms with E-state index in [9.17, 15) is 4.79 Å². The number of nitrogens with zero attached hydrogens (tertiary/aromatic N) is 6. The molecule has 0 aliphatic carbocycles. The van der Waals surface area contributed by atoms with Crippen LogP contribution in [0.15, 0.2) is 47.7 Å². The van der Waals surface area contributed by atoms with Crippen molar-refractivity contribution in [2.75, 3.05) is 18.0 Å². The fourth-order valence-electron chi connectivity index (χ4n) is 3.68. The number of hydrogen-bond donors (Lipinski definition) is 2. The molecule has 5 rings (SSSR count). The first-order chi connectivity index (χ1) is 13.3. The van der Waals surface area contributed by atoms with Gasteiger partial charge in [-0.2, -0.15) is 10.2 Å². The largest absolute Gasteiger partial charge is 0.356 e. The summed E-state index contributed by atoms with van der Waals surface area (Å²) in [5, 5.41) is 12.0. The van der Waals surface area contributed by atoms with E-state index in [1.807, 2.05) is 41.2 Å². The van der Waals surface area contributed by atoms with Crippen molar-refractivity contribution in [2.45, 2.75) is 18.8 Å². The Morgan fingerprint density at radius 2 is 1.89 bits per heavy atom. The number of H-pyrrole nitrogens is 2. The van der Waals surface area contributed by atoms with Crippen molar-refractivity contribution in [2.24, 2.45) is 0 Å². The predicted molar refractivity (Wildman–Crippen MR) is 100 cm³/mol. The lowest BCUT2D eigenvalue weighted by Gasteiger charge is -2.31. The number of anilines is 1. The summed E-state index contributed by atoms with van der Waals surface area (Å²) in [7, 11) is 0. The zero-order valence-electron chi connectivity index (χ0n) is 14.5. The number of piperidine rings is 1. The number of aromatic nitrogens is 7. The van der Waals surface area contributed by atoms with Crippen molar-refractivity contribution in [3.63, 3.8) is 0 Å². The van der Waals surface area contributed by atoms with Gasteiger partial charge in [0.1, 0.15) is 18.0 Å². The first-order valence-corrected chi connectivity index (χ1v) is 8.93. The topological polar surface area (TPSA) is 108 Å². The Labute approximate surface area is 154 Å². The van der Waals surface area contributed by atoms with Gasteiger partial charge in [0.15, 0.2) is 5.65 Å². The molecule has 27 heavy (non-hydrogen) atoms. The van der Waals surface area contributed by atoms with E-state index in [0.717, 1.165) is 54.3 Å². The lowest BCUT2D eigenvalue weighted by molar-refractivity contribution is 0.485. The highest BCUT2D eigenvalue weighted by Crippen LogP contribution is 2.30. The van der Waals surface area contributed by atoms with Crippen LogP contribution in [0.3, 0.4) is 0 Å². The van der Waals surface area contributed by atoms with Crippen molar-refractivity contribution in [3.05, 3.63) is 59.2 Å². The van der Waals surface area contributed by atoms with E-state index in [4.69, 9.17) is 0 Å². The SMILES string of the molecule is O=c1[nH]nc(C2CCN(c3ncnc4c3cnn4-c3ccccc3)CC2)[nH]1. The maximum Gasteiger partial charge on any atom is 0.340 e. The van der Waals surface area contributed by atoms with Crippen LogP contribution in [0.2, 0.25) is 0 Å². The predicted octanol–water partition coefficient (Wildman–Crippen LogP) is 1.61. The van der Waals surface area contributed by atoms with E-state index in [0.29, 0.717) is 0 Å². The molecule has 0 saturated carbocycles. The second-order valence-corrected chi connectivity index (χ2v) is 6.65. The van der Waals surface area contributed by atoms with E-state index >= 15 is 0 Å². The van der Waals surface area contributed by atoms with E-state index in [1.165, 1.54) is 0 Å². The number of nitrogens with one attached hydrogen (secondary N) is 2. The van der Waals surface area contributed by atoms with Gasteiger partial charge < -0.3 is 4.90 Å². The normalized spacial score (nSPS) is 15.5. The van der Waals surface area contributed by atoms with Gasteiger partial charge in [0.05, 0.1) is 17.3 Å². The van der Waals surface area contributed by atoms with Crippen molar-refractivity contribution in [1.82, 2.24) is 34.9 Å². The minimum atomic E-state index is -0.252. The first-order valence-electron chi connectivity index (χ1n) is 8.93. The average molecular weight is 362 g/mol. The van der Waals surface area contributed by atoms with E-state index in [-0.39, 0.29) is 11.6 Å². The second-order valence-electron chi connectivity index (χ2n) is 6.65. The lowest BCUT2D eigenvalue weighted by Crippen LogP contribution is -2.34. The van der Waals surface area contributed by atoms with Crippen LogP contribution in [0, 0.1) is 0 Å². The summed E-state index contributed by atoms with van der Waals surface area (Å²) in [6, 6.07) is 9.95. The first kappa shape index (κ1) is 15.7. The molecule has 0 unspecified atom stereocenters. The highest BCUT2D eigenvalue weighted by Gasteiger charge is 2.25. The van der Waals surface area contributed by atoms with Crippen LogP contribution in [0.5, 0.6) is 0 Å². The number of benzene rings is 1. The Hall–Kier alpha value is -3.49. The summed E-state index contributed by atoms with van der Waals surface area (Å²) in [5.74, 6) is 1.89. The molecular weight excluding hydrogens is 344 g/mol. The molecule has 9 heteroatoms. The molecule has 3 aromatic heterocycles. The van der Waals surface area contributed by atoms with E-state index in [2.05, 4.69) is 35.1 Å². The zero-order valence-corrected chi connectivity index (χ0v) is 14.5. The number of fused-ring (bicyclic) bond motifs is 1. The standard InChI is InChI=1S/C18H18N8O/c27-18-22-15(23-24-18)12-6-8-25(9-7-12)16-14-10-21-26(17(14)20-11-19-16)13-4-2-1-3-5-13/h1-5,10-12H,6-9H2,(H2,22,23,24,27). The maximum absolute atomic E-state index is 11.3. The number of rotatable bonds is 3. The smallest absolute Gasteiger partial charge is 0.340 e. The van der Waals surface area contributed by atoms with Gasteiger partial charge in [-0.1, -0.05) is 18.2 Å². The summed E-state index contributed by atoms with van der Waals surface area (Å²) < 4.78 is 1.84. The van der Waals surface area contributed by atoms with Gasteiger partial charge in [-0.05, 0) is 25.0 Å². The summed E-state index contributed by atoms with van der Waals surface area (Å²) in [5.41, 5.74) is 1.52. The molecule has 1 aliphatic rings. The van der Waals surface area contributed by atoms with Crippen LogP contribution in [-0.4, -0.2) is 48.0 Å². The maximum atomic E-state index is 11.3. The molecule has 2 N–H and O–H groups in total. The minimum absolute atomic E-state index is 0.252. The third kappa shape index (κ3) is 2.77. The van der Waals surface area contributed by atoms with Crippen LogP contribution in [0.25, 0.3) is 16.7 Å². The molecule has 1 fully saturated rings. The average Bonchev–Trinajstić information content (AvgIpc) is 3.35. The number of hydrogen-bond acceptors (Lipinski definition) is 6. The molecule has 1 aromatic carbocycles. The molecule has 0 amide bonds. The monoisotopic (exact) mass is 362 g/mol. The van der Waals surface area contributed by atoms with Crippen LogP contribution in [0.1, 0.15) is 24.6 Å². The van der Waals surface area contributed by atoms with Crippen molar-refractivity contribution in [3.8, 4) is 5.69 Å². The van der Waals surface area contributed by atoms with E-state index < -0.39 is 0 Å². The van der Waals surface area contributed by atoms with Gasteiger partial charge in [-0.25, -0.2) is 24.5 Å². The Morgan fingerprint density at radius 3 is 2.63 bits per heavy atom. The third-order valence-corrected chi connectivity index (χ3v) is 5.05. The highest BCUT2D eigenvalue weighted by molar-refractivity contribution is 5.87. The van der Waals surface area contributed by atoms with Crippen molar-refractivity contribution < 1.29 is 0 Å². The van der Waals surface area contributed by atoms with Crippen molar-refractivity contribution >= 4 is 16.9 Å². The Bertz CT molecular complexity index is 1120. The van der Waals surface area contributed by atoms with Crippen LogP contribution < -0.4 is 10.6 Å². The molecule has 0 radical (unpaired) electrons. The van der Waals surface area contributed by atoms with Gasteiger partial charge in [0.2, 0.25) is 0 Å². The van der Waals surface area contributed by atoms with Crippen LogP contribution in [0.4, 0.5) is 5.82 Å². The second kappa shape index (κ2) is 6.35. The van der Waals surface area contributed by atoms with Gasteiger partial charge in [-0.3, -0.25) is 4.98 Å². The quantitative estimate of drug-likeness (QED) is 0.573. The summed E-state index contributed by atoms with van der Waals surface area (Å²) in [6.07, 6.45) is 5.23. The molecular formula is C18H18N8O. The summed E-state index contributed by atoms with van der Waals surface area (Å²) >= 11 is 0. The minimum Gasteiger partial charge on any atom is -0.356 e. The summed E-state index contributed by atoms with van der Waals surface area (Å²) in [4.78, 5) is 25.3. The van der Waals surface area contributed by atoms with Crippen LogP contribution >= 0.6 is 0 Å². The molecule has 9 nitrogen and oxygen atoms in total. The number of para-hydroxylation sites is 1. The Morgan fingerprint density at radius 1 is 1.07 bits per heavy atom. The van der Waals surface area contributed by atoms with Gasteiger partial charge in [0, 0.05) is 19.0 Å². The molecule has 1 saturated heterocycles. The fraction of sp³-hybridized carbons (Fsp3) is 0.278. The molecule has 0 spiro atoms. The molecule has 0 bridgehead atoms. The highest BCUT2D eigenvalue weighted by atomic mass is 16.1. The molecule has 1 aliphatic heterocycles. The van der Waals surface area contributed by atoms with Gasteiger partial charge >= 0.3 is 5.69 Å². The molecule has 4 heterocycles. The number of aromatic amines is 2. The third-order valence-electron chi connectivity index (χ3n) is 5.05. The molecule has 0 atom stereocenters.